The van der Waals surface area contributed by atoms with Crippen LogP contribution in [0.5, 0.6) is 0 Å². The lowest BCUT2D eigenvalue weighted by Gasteiger charge is -1.94. The van der Waals surface area contributed by atoms with Crippen molar-refractivity contribution in [2.75, 3.05) is 13.2 Å². The molecule has 0 radical (unpaired) electrons. The third kappa shape index (κ3) is 3.21. The van der Waals surface area contributed by atoms with Crippen LogP contribution in [0.4, 0.5) is 0 Å². The molecule has 0 aliphatic heterocycles. The molecular weight excluding hydrogens is 226 g/mol. The van der Waals surface area contributed by atoms with Crippen molar-refractivity contribution in [3.05, 3.63) is 10.0 Å². The first-order chi connectivity index (χ1) is 6.77. The van der Waals surface area contributed by atoms with Gasteiger partial charge in [0.25, 0.3) is 0 Å². The summed E-state index contributed by atoms with van der Waals surface area (Å²) < 4.78 is 4.77. The third-order valence-electron chi connectivity index (χ3n) is 1.35. The highest BCUT2D eigenvalue weighted by atomic mass is 35.5. The van der Waals surface area contributed by atoms with E-state index < -0.39 is 5.97 Å². The first-order valence-electron chi connectivity index (χ1n) is 4.11. The summed E-state index contributed by atoms with van der Waals surface area (Å²) in [7, 11) is 0. The number of halogens is 1. The van der Waals surface area contributed by atoms with E-state index in [-0.39, 0.29) is 5.01 Å². The van der Waals surface area contributed by atoms with Gasteiger partial charge in [0.2, 0.25) is 5.01 Å². The zero-order valence-corrected chi connectivity index (χ0v) is 9.19. The van der Waals surface area contributed by atoms with Crippen LogP contribution in [0, 0.1) is 0 Å². The average Bonchev–Trinajstić information content (AvgIpc) is 2.63. The summed E-state index contributed by atoms with van der Waals surface area (Å²) in [5, 5.41) is 8.59. The molecule has 0 saturated carbocycles. The lowest BCUT2D eigenvalue weighted by molar-refractivity contribution is 0.0525. The standard InChI is InChI=1S/C7H10ClN3O2S/c1-2-13-7(12)6-11-10-5(14-6)3-4-9-8/h9H,2-4H2,1H3. The molecule has 0 fully saturated rings. The number of hydrogen-bond donors (Lipinski definition) is 1. The Hall–Kier alpha value is -0.720. The number of carbonyl (C=O) groups is 1. The van der Waals surface area contributed by atoms with E-state index in [4.69, 9.17) is 16.5 Å². The minimum absolute atomic E-state index is 0.288. The Morgan fingerprint density at radius 3 is 3.07 bits per heavy atom. The molecule has 1 heterocycles. The van der Waals surface area contributed by atoms with Crippen molar-refractivity contribution in [1.29, 1.82) is 0 Å². The van der Waals surface area contributed by atoms with Crippen molar-refractivity contribution >= 4 is 29.1 Å². The van der Waals surface area contributed by atoms with E-state index in [1.165, 1.54) is 11.3 Å². The second-order valence-corrected chi connectivity index (χ2v) is 3.68. The van der Waals surface area contributed by atoms with E-state index >= 15 is 0 Å². The molecule has 0 spiro atoms. The van der Waals surface area contributed by atoms with Crippen molar-refractivity contribution in [3.63, 3.8) is 0 Å². The second-order valence-electron chi connectivity index (χ2n) is 2.36. The summed E-state index contributed by atoms with van der Waals surface area (Å²) in [6.07, 6.45) is 0.653. The Bertz CT molecular complexity index is 305. The van der Waals surface area contributed by atoms with Crippen molar-refractivity contribution < 1.29 is 9.53 Å². The minimum atomic E-state index is -0.421. The number of hydrogen-bond acceptors (Lipinski definition) is 6. The number of carbonyl (C=O) groups excluding carboxylic acids is 1. The van der Waals surface area contributed by atoms with Gasteiger partial charge in [0.05, 0.1) is 6.61 Å². The normalized spacial score (nSPS) is 10.1. The topological polar surface area (TPSA) is 64.1 Å². The van der Waals surface area contributed by atoms with Crippen LogP contribution in [-0.2, 0) is 11.2 Å². The van der Waals surface area contributed by atoms with Crippen LogP contribution in [0.3, 0.4) is 0 Å². The van der Waals surface area contributed by atoms with E-state index in [2.05, 4.69) is 15.0 Å². The molecule has 0 saturated heterocycles. The number of nitrogens with one attached hydrogen (secondary N) is 1. The molecule has 0 aromatic carbocycles. The molecule has 1 aromatic rings. The summed E-state index contributed by atoms with van der Waals surface area (Å²) in [4.78, 5) is 13.7. The van der Waals surface area contributed by atoms with Gasteiger partial charge in [-0.05, 0) is 18.7 Å². The predicted molar refractivity (Wildman–Crippen MR) is 53.4 cm³/mol. The van der Waals surface area contributed by atoms with Gasteiger partial charge in [-0.25, -0.2) is 9.63 Å². The van der Waals surface area contributed by atoms with E-state index in [0.29, 0.717) is 19.6 Å². The number of rotatable bonds is 5. The molecule has 0 aliphatic carbocycles. The fourth-order valence-corrected chi connectivity index (χ4v) is 1.61. The molecule has 7 heteroatoms. The highest BCUT2D eigenvalue weighted by Crippen LogP contribution is 2.11. The minimum Gasteiger partial charge on any atom is -0.461 e. The van der Waals surface area contributed by atoms with Gasteiger partial charge >= 0.3 is 5.97 Å². The lowest BCUT2D eigenvalue weighted by atomic mass is 10.5. The molecule has 0 unspecified atom stereocenters. The van der Waals surface area contributed by atoms with Crippen molar-refractivity contribution in [2.24, 2.45) is 0 Å². The molecule has 0 aliphatic rings. The van der Waals surface area contributed by atoms with Crippen LogP contribution >= 0.6 is 23.1 Å². The maximum Gasteiger partial charge on any atom is 0.369 e. The van der Waals surface area contributed by atoms with E-state index in [1.807, 2.05) is 0 Å². The van der Waals surface area contributed by atoms with Crippen LogP contribution in [-0.4, -0.2) is 29.3 Å². The average molecular weight is 236 g/mol. The molecule has 78 valence electrons. The molecule has 1 aromatic heterocycles. The van der Waals surface area contributed by atoms with Crippen LogP contribution < -0.4 is 4.84 Å². The van der Waals surface area contributed by atoms with Gasteiger partial charge in [0, 0.05) is 13.0 Å². The third-order valence-corrected chi connectivity index (χ3v) is 2.50. The maximum atomic E-state index is 11.2. The molecule has 1 rings (SSSR count). The number of nitrogens with zero attached hydrogens (tertiary/aromatic N) is 2. The number of esters is 1. The van der Waals surface area contributed by atoms with Gasteiger partial charge in [-0.3, -0.25) is 0 Å². The van der Waals surface area contributed by atoms with Crippen molar-refractivity contribution in [3.8, 4) is 0 Å². The number of aromatic nitrogens is 2. The predicted octanol–water partition coefficient (Wildman–Crippen LogP) is 1.00. The molecule has 14 heavy (non-hydrogen) atoms. The largest absolute Gasteiger partial charge is 0.461 e. The first kappa shape index (κ1) is 11.4. The van der Waals surface area contributed by atoms with Crippen LogP contribution in [0.2, 0.25) is 0 Å². The molecule has 0 atom stereocenters. The highest BCUT2D eigenvalue weighted by Gasteiger charge is 2.12. The fourth-order valence-electron chi connectivity index (χ4n) is 0.784. The Morgan fingerprint density at radius 1 is 1.64 bits per heavy atom. The molecule has 0 amide bonds. The maximum absolute atomic E-state index is 11.2. The molecule has 1 N–H and O–H groups in total. The van der Waals surface area contributed by atoms with E-state index in [0.717, 1.165) is 5.01 Å². The molecule has 5 nitrogen and oxygen atoms in total. The quantitative estimate of drug-likeness (QED) is 0.609. The fraction of sp³-hybridized carbons (Fsp3) is 0.571. The second kappa shape index (κ2) is 5.90. The number of ether oxygens (including phenoxy) is 1. The monoisotopic (exact) mass is 235 g/mol. The summed E-state index contributed by atoms with van der Waals surface area (Å²) >= 11 is 6.51. The first-order valence-corrected chi connectivity index (χ1v) is 5.30. The lowest BCUT2D eigenvalue weighted by Crippen LogP contribution is -2.03. The SMILES string of the molecule is CCOC(=O)c1nnc(CCNCl)s1. The van der Waals surface area contributed by atoms with Gasteiger partial charge in [-0.15, -0.1) is 10.2 Å². The molecule has 0 bridgehead atoms. The van der Waals surface area contributed by atoms with Gasteiger partial charge in [-0.1, -0.05) is 11.3 Å². The van der Waals surface area contributed by atoms with E-state index in [1.54, 1.807) is 6.92 Å². The van der Waals surface area contributed by atoms with Gasteiger partial charge < -0.3 is 4.74 Å². The summed E-state index contributed by atoms with van der Waals surface area (Å²) in [5.41, 5.74) is 0. The smallest absolute Gasteiger partial charge is 0.369 e. The van der Waals surface area contributed by atoms with Crippen LogP contribution in [0.1, 0.15) is 21.7 Å². The van der Waals surface area contributed by atoms with Gasteiger partial charge in [0.15, 0.2) is 0 Å². The Morgan fingerprint density at radius 2 is 2.43 bits per heavy atom. The van der Waals surface area contributed by atoms with Crippen LogP contribution in [0.15, 0.2) is 0 Å². The summed E-state index contributed by atoms with van der Waals surface area (Å²) in [6, 6.07) is 0. The van der Waals surface area contributed by atoms with E-state index in [9.17, 15) is 4.79 Å². The summed E-state index contributed by atoms with van der Waals surface area (Å²) in [6.45, 7) is 2.69. The molecular formula is C7H10ClN3O2S. The highest BCUT2D eigenvalue weighted by molar-refractivity contribution is 7.13. The Balaban J connectivity index is 2.54. The Labute approximate surface area is 90.5 Å². The Kier molecular flexibility index (Phi) is 4.78. The van der Waals surface area contributed by atoms with Gasteiger partial charge in [0.1, 0.15) is 5.01 Å². The van der Waals surface area contributed by atoms with Gasteiger partial charge in [-0.2, -0.15) is 0 Å². The van der Waals surface area contributed by atoms with Crippen molar-refractivity contribution in [2.45, 2.75) is 13.3 Å². The zero-order chi connectivity index (χ0) is 10.4. The van der Waals surface area contributed by atoms with Crippen molar-refractivity contribution in [1.82, 2.24) is 15.0 Å². The zero-order valence-electron chi connectivity index (χ0n) is 7.62. The summed E-state index contributed by atoms with van der Waals surface area (Å²) in [5.74, 6) is -0.421. The van der Waals surface area contributed by atoms with Crippen LogP contribution in [0.25, 0.3) is 0 Å².